The summed E-state index contributed by atoms with van der Waals surface area (Å²) in [6.07, 6.45) is 3.20. The molecule has 0 radical (unpaired) electrons. The highest BCUT2D eigenvalue weighted by atomic mass is 32.2. The van der Waals surface area contributed by atoms with Gasteiger partial charge in [0, 0.05) is 6.54 Å². The number of methoxy groups -OCH3 is 1. The summed E-state index contributed by atoms with van der Waals surface area (Å²) < 4.78 is 10.4. The molecule has 2 unspecified atom stereocenters. The van der Waals surface area contributed by atoms with E-state index in [2.05, 4.69) is 9.97 Å². The molecule has 3 rings (SSSR count). The molecule has 2 atom stereocenters. The van der Waals surface area contributed by atoms with Gasteiger partial charge in [-0.1, -0.05) is 0 Å². The zero-order valence-corrected chi connectivity index (χ0v) is 18.4. The van der Waals surface area contributed by atoms with Crippen LogP contribution in [0.2, 0.25) is 0 Å². The number of carbonyl (C=O) groups is 2. The largest absolute Gasteiger partial charge is 0.463 e. The lowest BCUT2D eigenvalue weighted by Gasteiger charge is -2.36. The normalized spacial score (nSPS) is 22.0. The number of thioether (sulfide) groups is 1. The first-order chi connectivity index (χ1) is 13.6. The third-order valence-electron chi connectivity index (χ3n) is 4.89. The van der Waals surface area contributed by atoms with Crippen molar-refractivity contribution in [2.45, 2.75) is 63.2 Å². The van der Waals surface area contributed by atoms with Crippen LogP contribution in [0, 0.1) is 0 Å². The van der Waals surface area contributed by atoms with Crippen LogP contribution >= 0.6 is 11.8 Å². The molecule has 2 aliphatic heterocycles. The van der Waals surface area contributed by atoms with Crippen LogP contribution in [0.3, 0.4) is 0 Å². The van der Waals surface area contributed by atoms with E-state index in [9.17, 15) is 9.59 Å². The number of rotatable bonds is 3. The Hall–Kier alpha value is -2.27. The number of amides is 1. The first-order valence-electron chi connectivity index (χ1n) is 9.47. The summed E-state index contributed by atoms with van der Waals surface area (Å²) in [7, 11) is 1.27. The number of nitrogens with zero attached hydrogens (tertiary/aromatic N) is 5. The summed E-state index contributed by atoms with van der Waals surface area (Å²) in [6, 6.07) is -0.00129. The molecule has 3 heterocycles. The van der Waals surface area contributed by atoms with E-state index >= 15 is 0 Å². The zero-order valence-electron chi connectivity index (χ0n) is 17.6. The highest BCUT2D eigenvalue weighted by Gasteiger charge is 2.51. The third kappa shape index (κ3) is 3.93. The molecule has 0 spiro atoms. The molecule has 2 saturated heterocycles. The van der Waals surface area contributed by atoms with Crippen LogP contribution < -0.4 is 10.7 Å². The van der Waals surface area contributed by atoms with Crippen LogP contribution in [0.15, 0.2) is 5.03 Å². The van der Waals surface area contributed by atoms with E-state index < -0.39 is 17.7 Å². The molecule has 29 heavy (non-hydrogen) atoms. The molecular weight excluding hydrogens is 396 g/mol. The van der Waals surface area contributed by atoms with Gasteiger partial charge in [-0.2, -0.15) is 5.01 Å². The topological polar surface area (TPSA) is 114 Å². The number of nitrogen functional groups attached to an aromatic ring is 1. The number of hydrogen-bond donors (Lipinski definition) is 1. The predicted octanol–water partition coefficient (Wildman–Crippen LogP) is 2.31. The van der Waals surface area contributed by atoms with E-state index in [0.29, 0.717) is 10.7 Å². The standard InChI is InChI=1S/C18H28N6O4S/c1-10-11-8-7-9-22(11)24(17(26)28-18(2,3)4)23(10)14-12(19)15(29-6)21-13(20-14)16(25)27-5/h10-11H,7-9,19H2,1-6H3. The summed E-state index contributed by atoms with van der Waals surface area (Å²) in [5.41, 5.74) is 5.98. The van der Waals surface area contributed by atoms with Crippen molar-refractivity contribution in [3.63, 3.8) is 0 Å². The van der Waals surface area contributed by atoms with Crippen molar-refractivity contribution in [2.75, 3.05) is 30.7 Å². The number of fused-ring (bicyclic) bond motifs is 1. The molecule has 0 aromatic carbocycles. The van der Waals surface area contributed by atoms with Crippen molar-refractivity contribution in [3.8, 4) is 0 Å². The van der Waals surface area contributed by atoms with Gasteiger partial charge < -0.3 is 15.2 Å². The van der Waals surface area contributed by atoms with Crippen LogP contribution in [0.5, 0.6) is 0 Å². The zero-order chi connectivity index (χ0) is 21.5. The van der Waals surface area contributed by atoms with Gasteiger partial charge in [0.1, 0.15) is 16.3 Å². The lowest BCUT2D eigenvalue weighted by Crippen LogP contribution is -2.52. The molecule has 1 amide bonds. The second-order valence-electron chi connectivity index (χ2n) is 8.01. The van der Waals surface area contributed by atoms with Crippen molar-refractivity contribution < 1.29 is 19.1 Å². The molecule has 2 fully saturated rings. The molecule has 10 nitrogen and oxygen atoms in total. The molecule has 0 bridgehead atoms. The summed E-state index contributed by atoms with van der Waals surface area (Å²) in [5.74, 6) is -0.486. The summed E-state index contributed by atoms with van der Waals surface area (Å²) in [4.78, 5) is 33.8. The fourth-order valence-electron chi connectivity index (χ4n) is 3.69. The Bertz CT molecular complexity index is 814. The Kier molecular flexibility index (Phi) is 5.81. The van der Waals surface area contributed by atoms with Crippen LogP contribution in [0.25, 0.3) is 0 Å². The second kappa shape index (κ2) is 7.86. The van der Waals surface area contributed by atoms with Gasteiger partial charge in [-0.05, 0) is 46.8 Å². The fraction of sp³-hybridized carbons (Fsp3) is 0.667. The number of carbonyl (C=O) groups excluding carboxylic acids is 2. The number of aromatic nitrogens is 2. The Morgan fingerprint density at radius 3 is 2.55 bits per heavy atom. The monoisotopic (exact) mass is 424 g/mol. The van der Waals surface area contributed by atoms with Gasteiger partial charge >= 0.3 is 12.1 Å². The van der Waals surface area contributed by atoms with Crippen LogP contribution in [-0.4, -0.2) is 69.8 Å². The summed E-state index contributed by atoms with van der Waals surface area (Å²) in [5, 5.41) is 5.61. The summed E-state index contributed by atoms with van der Waals surface area (Å²) >= 11 is 1.29. The predicted molar refractivity (Wildman–Crippen MR) is 109 cm³/mol. The minimum atomic E-state index is -0.669. The van der Waals surface area contributed by atoms with Gasteiger partial charge in [0.2, 0.25) is 5.82 Å². The lowest BCUT2D eigenvalue weighted by atomic mass is 10.1. The first kappa shape index (κ1) is 21.4. The molecule has 2 N–H and O–H groups in total. The average Bonchev–Trinajstić information content (AvgIpc) is 3.22. The molecule has 0 saturated carbocycles. The number of anilines is 2. The van der Waals surface area contributed by atoms with Crippen molar-refractivity contribution in [1.82, 2.24) is 20.1 Å². The van der Waals surface area contributed by atoms with Crippen molar-refractivity contribution in [2.24, 2.45) is 0 Å². The number of esters is 1. The summed E-state index contributed by atoms with van der Waals surface area (Å²) in [6.45, 7) is 8.17. The van der Waals surface area contributed by atoms with Gasteiger partial charge in [-0.25, -0.2) is 24.6 Å². The van der Waals surface area contributed by atoms with E-state index in [4.69, 9.17) is 15.2 Å². The van der Waals surface area contributed by atoms with Crippen molar-refractivity contribution >= 4 is 35.3 Å². The van der Waals surface area contributed by atoms with Crippen LogP contribution in [0.1, 0.15) is 51.2 Å². The number of hydrogen-bond acceptors (Lipinski definition) is 10. The maximum Gasteiger partial charge on any atom is 0.444 e. The highest BCUT2D eigenvalue weighted by molar-refractivity contribution is 7.98. The molecular formula is C18H28N6O4S. The number of ether oxygens (including phenoxy) is 2. The van der Waals surface area contributed by atoms with Gasteiger partial charge in [-0.15, -0.1) is 16.9 Å². The van der Waals surface area contributed by atoms with Gasteiger partial charge in [0.05, 0.1) is 19.2 Å². The Morgan fingerprint density at radius 1 is 1.28 bits per heavy atom. The smallest absolute Gasteiger partial charge is 0.444 e. The molecule has 160 valence electrons. The van der Waals surface area contributed by atoms with E-state index in [1.54, 1.807) is 11.3 Å². The van der Waals surface area contributed by atoms with E-state index in [1.165, 1.54) is 24.0 Å². The SMILES string of the molecule is COC(=O)c1nc(SC)c(N)c(N2C(C)C3CCCN3N2C(=O)OC(C)(C)C)n1. The Labute approximate surface area is 174 Å². The highest BCUT2D eigenvalue weighted by Crippen LogP contribution is 2.40. The van der Waals surface area contributed by atoms with Crippen molar-refractivity contribution in [3.05, 3.63) is 5.82 Å². The maximum atomic E-state index is 13.1. The minimum Gasteiger partial charge on any atom is -0.463 e. The van der Waals surface area contributed by atoms with E-state index in [1.807, 2.05) is 32.7 Å². The van der Waals surface area contributed by atoms with Crippen molar-refractivity contribution in [1.29, 1.82) is 0 Å². The molecule has 0 aliphatic carbocycles. The fourth-order valence-corrected chi connectivity index (χ4v) is 4.18. The first-order valence-corrected chi connectivity index (χ1v) is 10.7. The van der Waals surface area contributed by atoms with E-state index in [-0.39, 0.29) is 23.7 Å². The quantitative estimate of drug-likeness (QED) is 0.440. The lowest BCUT2D eigenvalue weighted by molar-refractivity contribution is -0.0331. The Morgan fingerprint density at radius 2 is 1.97 bits per heavy atom. The number of nitrogens with two attached hydrogens (primary N) is 1. The van der Waals surface area contributed by atoms with Crippen LogP contribution in [0.4, 0.5) is 16.3 Å². The Balaban J connectivity index is 2.11. The maximum absolute atomic E-state index is 13.1. The van der Waals surface area contributed by atoms with Gasteiger partial charge in [-0.3, -0.25) is 0 Å². The third-order valence-corrected chi connectivity index (χ3v) is 5.58. The number of hydrazine groups is 2. The van der Waals surface area contributed by atoms with E-state index in [0.717, 1.165) is 19.4 Å². The molecule has 1 aromatic heterocycles. The van der Waals surface area contributed by atoms with Gasteiger partial charge in [0.25, 0.3) is 0 Å². The van der Waals surface area contributed by atoms with Crippen LogP contribution in [-0.2, 0) is 9.47 Å². The molecule has 1 aromatic rings. The average molecular weight is 425 g/mol. The molecule has 11 heteroatoms. The van der Waals surface area contributed by atoms with Gasteiger partial charge in [0.15, 0.2) is 5.82 Å². The second-order valence-corrected chi connectivity index (χ2v) is 8.81. The minimum absolute atomic E-state index is 0.107. The molecule has 2 aliphatic rings.